The Bertz CT molecular complexity index is 792. The molecule has 0 fully saturated rings. The highest BCUT2D eigenvalue weighted by atomic mass is 32.1. The van der Waals surface area contributed by atoms with E-state index >= 15 is 0 Å². The maximum atomic E-state index is 13.1. The smallest absolute Gasteiger partial charge is 0.418 e. The Morgan fingerprint density at radius 3 is 2.28 bits per heavy atom. The molecule has 0 unspecified atom stereocenters. The van der Waals surface area contributed by atoms with Crippen molar-refractivity contribution in [1.82, 2.24) is 0 Å². The number of hydrogen-bond donors (Lipinski definition) is 2. The van der Waals surface area contributed by atoms with Gasteiger partial charge in [-0.2, -0.15) is 13.2 Å². The monoisotopic (exact) mass is 372 g/mol. The second kappa shape index (κ2) is 7.47. The number of carbonyl (C=O) groups is 1. The minimum Gasteiger partial charge on any atom is -0.497 e. The summed E-state index contributed by atoms with van der Waals surface area (Å²) in [7, 11) is 1.49. The third kappa shape index (κ3) is 4.90. The number of carbonyl (C=O) groups excluding carboxylic acids is 1. The normalized spacial score (nSPS) is 10.9. The molecule has 0 aliphatic carbocycles. The molecule has 0 aromatic heterocycles. The lowest BCUT2D eigenvalue weighted by Gasteiger charge is -2.14. The van der Waals surface area contributed by atoms with Gasteiger partial charge in [0.15, 0.2) is 4.99 Å². The minimum atomic E-state index is -4.82. The van der Waals surface area contributed by atoms with E-state index in [1.165, 1.54) is 7.11 Å². The van der Waals surface area contributed by atoms with E-state index in [0.29, 0.717) is 17.5 Å². The third-order valence-corrected chi connectivity index (χ3v) is 3.38. The average Bonchev–Trinajstić information content (AvgIpc) is 2.56. The molecule has 132 valence electrons. The lowest BCUT2D eigenvalue weighted by molar-refractivity contribution is -0.137. The quantitative estimate of drug-likeness (QED) is 0.625. The van der Waals surface area contributed by atoms with Gasteiger partial charge in [0.2, 0.25) is 0 Å². The van der Waals surface area contributed by atoms with Gasteiger partial charge in [-0.15, -0.1) is 0 Å². The fraction of sp³-hybridized carbons (Fsp3) is 0.125. The molecule has 2 aromatic carbocycles. The van der Waals surface area contributed by atoms with Crippen LogP contribution in [0.25, 0.3) is 0 Å². The highest BCUT2D eigenvalue weighted by Crippen LogP contribution is 2.35. The molecule has 2 N–H and O–H groups in total. The standard InChI is InChI=1S/C16H12F4N2O2S/c1-24-11-5-3-10(4-6-11)21-15(25)14(23)22-13-7-2-9(17)8-12(13)16(18,19)20/h2-8H,1H3,(H,21,25)(H,22,23). The number of halogens is 4. The van der Waals surface area contributed by atoms with Crippen molar-refractivity contribution in [3.8, 4) is 5.75 Å². The van der Waals surface area contributed by atoms with Crippen LogP contribution in [0.2, 0.25) is 0 Å². The number of anilines is 2. The van der Waals surface area contributed by atoms with Gasteiger partial charge in [0, 0.05) is 5.69 Å². The molecule has 25 heavy (non-hydrogen) atoms. The largest absolute Gasteiger partial charge is 0.497 e. The second-order valence-corrected chi connectivity index (χ2v) is 5.23. The fourth-order valence-corrected chi connectivity index (χ4v) is 2.07. The first kappa shape index (κ1) is 18.7. The van der Waals surface area contributed by atoms with E-state index < -0.39 is 29.2 Å². The Balaban J connectivity index is 2.12. The maximum Gasteiger partial charge on any atom is 0.418 e. The van der Waals surface area contributed by atoms with E-state index in [9.17, 15) is 22.4 Å². The fourth-order valence-electron chi connectivity index (χ4n) is 1.90. The number of thiocarbonyl (C=S) groups is 1. The number of rotatable bonds is 3. The molecule has 0 saturated carbocycles. The highest BCUT2D eigenvalue weighted by Gasteiger charge is 2.34. The zero-order valence-corrected chi connectivity index (χ0v) is 13.6. The van der Waals surface area contributed by atoms with E-state index in [1.807, 2.05) is 5.32 Å². The number of amides is 1. The van der Waals surface area contributed by atoms with Crippen molar-refractivity contribution < 1.29 is 27.1 Å². The number of alkyl halides is 3. The average molecular weight is 372 g/mol. The molecule has 0 heterocycles. The van der Waals surface area contributed by atoms with Gasteiger partial charge in [0.05, 0.1) is 18.4 Å². The van der Waals surface area contributed by atoms with E-state index in [1.54, 1.807) is 24.3 Å². The van der Waals surface area contributed by atoms with Crippen LogP contribution in [0, 0.1) is 5.82 Å². The van der Waals surface area contributed by atoms with Crippen LogP contribution < -0.4 is 15.4 Å². The van der Waals surface area contributed by atoms with Gasteiger partial charge in [-0.25, -0.2) is 4.39 Å². The van der Waals surface area contributed by atoms with Gasteiger partial charge >= 0.3 is 6.18 Å². The van der Waals surface area contributed by atoms with Crippen molar-refractivity contribution >= 4 is 34.5 Å². The summed E-state index contributed by atoms with van der Waals surface area (Å²) in [5, 5.41) is 4.62. The van der Waals surface area contributed by atoms with Crippen LogP contribution >= 0.6 is 12.2 Å². The molecule has 0 radical (unpaired) electrons. The van der Waals surface area contributed by atoms with Crippen molar-refractivity contribution in [3.63, 3.8) is 0 Å². The Kier molecular flexibility index (Phi) is 5.58. The van der Waals surface area contributed by atoms with Gasteiger partial charge in [-0.3, -0.25) is 4.79 Å². The summed E-state index contributed by atoms with van der Waals surface area (Å²) >= 11 is 4.87. The van der Waals surface area contributed by atoms with E-state index in [4.69, 9.17) is 17.0 Å². The number of methoxy groups -OCH3 is 1. The first-order chi connectivity index (χ1) is 11.7. The summed E-state index contributed by atoms with van der Waals surface area (Å²) in [5.41, 5.74) is -1.43. The van der Waals surface area contributed by atoms with Crippen LogP contribution in [0.4, 0.5) is 28.9 Å². The van der Waals surface area contributed by atoms with E-state index in [0.717, 1.165) is 12.1 Å². The Labute approximate surface area is 145 Å². The molecular weight excluding hydrogens is 360 g/mol. The van der Waals surface area contributed by atoms with Crippen LogP contribution in [0.1, 0.15) is 5.56 Å². The van der Waals surface area contributed by atoms with E-state index in [2.05, 4.69) is 5.32 Å². The van der Waals surface area contributed by atoms with Gasteiger partial charge in [-0.05, 0) is 42.5 Å². The van der Waals surface area contributed by atoms with Crippen molar-refractivity contribution in [2.24, 2.45) is 0 Å². The number of benzene rings is 2. The van der Waals surface area contributed by atoms with Gasteiger partial charge < -0.3 is 15.4 Å². The van der Waals surface area contributed by atoms with Crippen molar-refractivity contribution in [3.05, 3.63) is 53.8 Å². The summed E-state index contributed by atoms with van der Waals surface area (Å²) in [6, 6.07) is 8.33. The molecule has 0 saturated heterocycles. The Morgan fingerprint density at radius 1 is 1.08 bits per heavy atom. The molecular formula is C16H12F4N2O2S. The second-order valence-electron chi connectivity index (χ2n) is 4.82. The van der Waals surface area contributed by atoms with Crippen molar-refractivity contribution in [2.75, 3.05) is 17.7 Å². The molecule has 0 spiro atoms. The maximum absolute atomic E-state index is 13.1. The summed E-state index contributed by atoms with van der Waals surface area (Å²) in [4.78, 5) is 11.7. The zero-order chi connectivity index (χ0) is 18.6. The highest BCUT2D eigenvalue weighted by molar-refractivity contribution is 7.82. The lowest BCUT2D eigenvalue weighted by atomic mass is 10.1. The van der Waals surface area contributed by atoms with Gasteiger partial charge in [0.25, 0.3) is 5.91 Å². The Hall–Kier alpha value is -2.68. The minimum absolute atomic E-state index is 0.301. The Morgan fingerprint density at radius 2 is 1.72 bits per heavy atom. The van der Waals surface area contributed by atoms with Gasteiger partial charge in [-0.1, -0.05) is 12.2 Å². The number of nitrogens with one attached hydrogen (secondary N) is 2. The van der Waals surface area contributed by atoms with Crippen molar-refractivity contribution in [2.45, 2.75) is 6.18 Å². The lowest BCUT2D eigenvalue weighted by Crippen LogP contribution is -2.28. The third-order valence-electron chi connectivity index (χ3n) is 3.09. The summed E-state index contributed by atoms with van der Waals surface area (Å²) in [6.45, 7) is 0. The summed E-state index contributed by atoms with van der Waals surface area (Å²) < 4.78 is 56.8. The first-order valence-corrected chi connectivity index (χ1v) is 7.24. The molecule has 4 nitrogen and oxygen atoms in total. The SMILES string of the molecule is COc1ccc(NC(=S)C(=O)Nc2ccc(F)cc2C(F)(F)F)cc1. The van der Waals surface area contributed by atoms with Gasteiger partial charge in [0.1, 0.15) is 11.6 Å². The first-order valence-electron chi connectivity index (χ1n) is 6.84. The topological polar surface area (TPSA) is 50.4 Å². The van der Waals surface area contributed by atoms with E-state index in [-0.39, 0.29) is 4.99 Å². The molecule has 0 aliphatic heterocycles. The number of hydrogen-bond acceptors (Lipinski definition) is 3. The summed E-state index contributed by atoms with van der Waals surface area (Å²) in [5.74, 6) is -1.44. The molecule has 2 aromatic rings. The molecule has 0 aliphatic rings. The van der Waals surface area contributed by atoms with Crippen LogP contribution in [-0.2, 0) is 11.0 Å². The molecule has 2 rings (SSSR count). The van der Waals surface area contributed by atoms with Crippen molar-refractivity contribution in [1.29, 1.82) is 0 Å². The zero-order valence-electron chi connectivity index (χ0n) is 12.8. The molecule has 1 amide bonds. The van der Waals surface area contributed by atoms with Crippen LogP contribution in [0.15, 0.2) is 42.5 Å². The molecule has 0 atom stereocenters. The molecule has 9 heteroatoms. The number of ether oxygens (including phenoxy) is 1. The van der Waals surface area contributed by atoms with Crippen LogP contribution in [0.5, 0.6) is 5.75 Å². The summed E-state index contributed by atoms with van der Waals surface area (Å²) in [6.07, 6.45) is -4.82. The van der Waals surface area contributed by atoms with Crippen LogP contribution in [-0.4, -0.2) is 18.0 Å². The molecule has 0 bridgehead atoms. The predicted molar refractivity (Wildman–Crippen MR) is 89.2 cm³/mol. The van der Waals surface area contributed by atoms with Crippen LogP contribution in [0.3, 0.4) is 0 Å². The predicted octanol–water partition coefficient (Wildman–Crippen LogP) is 4.23.